The highest BCUT2D eigenvalue weighted by atomic mass is 28.2. The number of nitrogens with one attached hydrogen (secondary N) is 1. The molecular formula is C4H12NSi. The van der Waals surface area contributed by atoms with Crippen molar-refractivity contribution in [2.75, 3.05) is 6.54 Å². The Kier molecular flexibility index (Phi) is 5.33. The van der Waals surface area contributed by atoms with Crippen molar-refractivity contribution in [2.45, 2.75) is 13.5 Å². The van der Waals surface area contributed by atoms with Crippen LogP contribution in [-0.4, -0.2) is 16.1 Å². The second kappa shape index (κ2) is 5.18. The summed E-state index contributed by atoms with van der Waals surface area (Å²) in [6.07, 6.45) is 2.19. The molecule has 0 heterocycles. The molecule has 6 heavy (non-hydrogen) atoms. The fourth-order valence-electron chi connectivity index (χ4n) is 0.289. The maximum absolute atomic E-state index is 3.13. The van der Waals surface area contributed by atoms with Crippen LogP contribution in [0.15, 0.2) is 0 Å². The Labute approximate surface area is 42.0 Å². The maximum atomic E-state index is 3.13. The van der Waals surface area contributed by atoms with Crippen LogP contribution in [0.5, 0.6) is 0 Å². The first-order chi connectivity index (χ1) is 2.91. The predicted octanol–water partition coefficient (Wildman–Crippen LogP) is -0.0679. The molecule has 0 aromatic heterocycles. The lowest BCUT2D eigenvalue weighted by molar-refractivity contribution is 0.894. The van der Waals surface area contributed by atoms with E-state index in [9.17, 15) is 0 Å². The Morgan fingerprint density at radius 3 is 2.67 bits per heavy atom. The zero-order valence-electron chi connectivity index (χ0n) is 4.49. The molecule has 2 heteroatoms. The largest absolute Gasteiger partial charge is 0.316 e. The fourth-order valence-corrected chi connectivity index (χ4v) is 0.866. The van der Waals surface area contributed by atoms with Gasteiger partial charge < -0.3 is 5.32 Å². The topological polar surface area (TPSA) is 12.0 Å². The van der Waals surface area contributed by atoms with Gasteiger partial charge >= 0.3 is 0 Å². The lowest BCUT2D eigenvalue weighted by Gasteiger charge is -1.90. The second-order valence-corrected chi connectivity index (χ2v) is 2.39. The minimum Gasteiger partial charge on any atom is -0.316 e. The summed E-state index contributed by atoms with van der Waals surface area (Å²) in [7, 11) is 0.167. The van der Waals surface area contributed by atoms with E-state index in [4.69, 9.17) is 0 Å². The van der Waals surface area contributed by atoms with Crippen LogP contribution in [0.2, 0.25) is 6.55 Å². The molecule has 0 aliphatic carbocycles. The van der Waals surface area contributed by atoms with Crippen molar-refractivity contribution in [1.29, 1.82) is 0 Å². The summed E-state index contributed by atoms with van der Waals surface area (Å²) in [5.74, 6) is 0. The third-order valence-corrected chi connectivity index (χ3v) is 1.25. The average molecular weight is 102 g/mol. The molecule has 0 aliphatic heterocycles. The minimum atomic E-state index is 0.167. The summed E-state index contributed by atoms with van der Waals surface area (Å²) in [6, 6.07) is 0. The van der Waals surface area contributed by atoms with Gasteiger partial charge in [-0.05, 0) is 6.54 Å². The molecule has 0 saturated heterocycles. The summed E-state index contributed by atoms with van der Waals surface area (Å²) >= 11 is 0. The summed E-state index contributed by atoms with van der Waals surface area (Å²) < 4.78 is 0. The van der Waals surface area contributed by atoms with Gasteiger partial charge in [0.25, 0.3) is 0 Å². The van der Waals surface area contributed by atoms with Crippen LogP contribution < -0.4 is 5.32 Å². The first-order valence-electron chi connectivity index (χ1n) is 2.46. The van der Waals surface area contributed by atoms with Crippen LogP contribution in [0.25, 0.3) is 0 Å². The summed E-state index contributed by atoms with van der Waals surface area (Å²) in [6.45, 7) is 5.45. The smallest absolute Gasteiger partial charge is 0.0390 e. The Balaban J connectivity index is 2.34. The molecule has 0 saturated carbocycles. The molecule has 0 spiro atoms. The number of hydrogen-bond donors (Lipinski definition) is 1. The van der Waals surface area contributed by atoms with Gasteiger partial charge in [0.05, 0.1) is 0 Å². The molecule has 1 nitrogen and oxygen atoms in total. The third kappa shape index (κ3) is 4.18. The lowest BCUT2D eigenvalue weighted by atomic mass is 10.8. The molecule has 0 aliphatic rings. The molecular weight excluding hydrogens is 90.1 g/mol. The molecule has 0 aromatic carbocycles. The molecule has 37 valence electrons. The van der Waals surface area contributed by atoms with E-state index in [2.05, 4.69) is 25.0 Å². The van der Waals surface area contributed by atoms with Gasteiger partial charge in [-0.15, -0.1) is 0 Å². The highest BCUT2D eigenvalue weighted by Gasteiger charge is 1.73. The van der Waals surface area contributed by atoms with Crippen LogP contribution in [-0.2, 0) is 0 Å². The van der Waals surface area contributed by atoms with Gasteiger partial charge in [0, 0.05) is 15.7 Å². The first-order valence-corrected chi connectivity index (χ1v) is 4.70. The maximum Gasteiger partial charge on any atom is 0.0390 e. The van der Waals surface area contributed by atoms with E-state index in [1.54, 1.807) is 0 Å². The lowest BCUT2D eigenvalue weighted by Crippen LogP contribution is -2.10. The summed E-state index contributed by atoms with van der Waals surface area (Å²) in [5, 5.41) is 3.13. The van der Waals surface area contributed by atoms with E-state index in [0.717, 1.165) is 6.54 Å². The zero-order chi connectivity index (χ0) is 4.83. The molecule has 0 atom stereocenters. The Bertz CT molecular complexity index is 19.5. The quantitative estimate of drug-likeness (QED) is 0.388. The molecule has 0 unspecified atom stereocenters. The van der Waals surface area contributed by atoms with Crippen molar-refractivity contribution in [3.63, 3.8) is 0 Å². The molecule has 0 bridgehead atoms. The fraction of sp³-hybridized carbons (Fsp3) is 0.750. The van der Waals surface area contributed by atoms with Crippen LogP contribution in [0.1, 0.15) is 6.92 Å². The Hall–Kier alpha value is 0.177. The normalized spacial score (nSPS) is 11.0. The number of hydrogen-bond acceptors (Lipinski definition) is 1. The van der Waals surface area contributed by atoms with E-state index in [1.165, 1.54) is 0 Å². The van der Waals surface area contributed by atoms with E-state index in [0.29, 0.717) is 0 Å². The molecule has 1 radical (unpaired) electrons. The standard InChI is InChI=1S/C4H12NSi/c1-3-5-4-6-2/h4-5H,3,6H2,1-2H3. The Morgan fingerprint density at radius 1 is 1.83 bits per heavy atom. The van der Waals surface area contributed by atoms with Gasteiger partial charge in [0.15, 0.2) is 0 Å². The van der Waals surface area contributed by atoms with Gasteiger partial charge in [-0.1, -0.05) is 13.5 Å². The van der Waals surface area contributed by atoms with E-state index >= 15 is 0 Å². The number of rotatable bonds is 3. The highest BCUT2D eigenvalue weighted by Crippen LogP contribution is 1.60. The molecule has 0 rings (SSSR count). The minimum absolute atomic E-state index is 0.167. The van der Waals surface area contributed by atoms with E-state index < -0.39 is 0 Å². The van der Waals surface area contributed by atoms with Gasteiger partial charge in [-0.2, -0.15) is 0 Å². The van der Waals surface area contributed by atoms with Crippen LogP contribution >= 0.6 is 0 Å². The van der Waals surface area contributed by atoms with Crippen molar-refractivity contribution in [3.05, 3.63) is 6.17 Å². The predicted molar refractivity (Wildman–Crippen MR) is 32.4 cm³/mol. The van der Waals surface area contributed by atoms with Crippen LogP contribution in [0, 0.1) is 6.17 Å². The van der Waals surface area contributed by atoms with Crippen molar-refractivity contribution >= 4 is 9.52 Å². The van der Waals surface area contributed by atoms with E-state index in [-0.39, 0.29) is 9.52 Å². The van der Waals surface area contributed by atoms with Crippen molar-refractivity contribution in [2.24, 2.45) is 0 Å². The zero-order valence-corrected chi connectivity index (χ0v) is 5.91. The van der Waals surface area contributed by atoms with Crippen molar-refractivity contribution in [3.8, 4) is 0 Å². The highest BCUT2D eigenvalue weighted by molar-refractivity contribution is 6.37. The average Bonchev–Trinajstić information content (AvgIpc) is 1.61. The van der Waals surface area contributed by atoms with Gasteiger partial charge in [0.2, 0.25) is 0 Å². The molecule has 0 aromatic rings. The van der Waals surface area contributed by atoms with Crippen molar-refractivity contribution in [1.82, 2.24) is 5.32 Å². The van der Waals surface area contributed by atoms with Gasteiger partial charge in [-0.25, -0.2) is 0 Å². The van der Waals surface area contributed by atoms with Gasteiger partial charge in [-0.3, -0.25) is 0 Å². The molecule has 0 amide bonds. The van der Waals surface area contributed by atoms with E-state index in [1.807, 2.05) is 0 Å². The molecule has 0 fully saturated rings. The third-order valence-electron chi connectivity index (χ3n) is 0.553. The summed E-state index contributed by atoms with van der Waals surface area (Å²) in [5.41, 5.74) is 0. The van der Waals surface area contributed by atoms with Crippen molar-refractivity contribution < 1.29 is 0 Å². The first kappa shape index (κ1) is 6.18. The van der Waals surface area contributed by atoms with Crippen LogP contribution in [0.3, 0.4) is 0 Å². The van der Waals surface area contributed by atoms with Gasteiger partial charge in [0.1, 0.15) is 0 Å². The summed E-state index contributed by atoms with van der Waals surface area (Å²) in [4.78, 5) is 0. The molecule has 1 N–H and O–H groups in total. The Morgan fingerprint density at radius 2 is 2.50 bits per heavy atom. The second-order valence-electron chi connectivity index (χ2n) is 1.17. The van der Waals surface area contributed by atoms with Crippen LogP contribution in [0.4, 0.5) is 0 Å². The monoisotopic (exact) mass is 102 g/mol. The SMILES string of the molecule is CCN[CH][SiH2]C.